The molecule has 0 saturated carbocycles. The molecule has 4 heterocycles. The Morgan fingerprint density at radius 3 is 0.776 bits per heavy atom. The lowest BCUT2D eigenvalue weighted by molar-refractivity contribution is 0.658. The summed E-state index contributed by atoms with van der Waals surface area (Å²) in [6, 6.07) is 34.5. The number of benzene rings is 6. The van der Waals surface area contributed by atoms with Crippen molar-refractivity contribution in [3.63, 3.8) is 0 Å². The normalized spacial score (nSPS) is 11.9. The standard InChI is InChI=1S/2C32H32F2S2Si2/c1-6-37(7-2)13-11-23-27-19-29-21(17-31(33)35-29)15-25(27)24(12-14-38(8-3,9-4)10-5)26-16-22-18-32(34)36-30(22)20-28(23)26;1-6-37(7-2)13-11-23-25-15-21-17-31(33)36-30(21)20-28(25)24(12-14-38(8-3,9-4)10-5)26-16-22-18-32(34)35-29(22)19-27(23)26/h2*15-20,37H,6-10H2,1-5H3. The molecule has 10 rings (SSSR count). The quantitative estimate of drug-likeness (QED) is 0.0554. The molecular weight excluding hydrogens is 1090 g/mol. The largest absolute Gasteiger partial charge is 0.195 e. The minimum Gasteiger partial charge on any atom is -0.195 e. The van der Waals surface area contributed by atoms with Gasteiger partial charge in [-0.25, -0.2) is 0 Å². The van der Waals surface area contributed by atoms with E-state index in [2.05, 4.69) is 164 Å². The Balaban J connectivity index is 0.000000186. The topological polar surface area (TPSA) is 0 Å². The number of thiophene rings is 4. The molecule has 0 nitrogen and oxygen atoms in total. The average Bonchev–Trinajstić information content (AvgIpc) is 4.25. The molecule has 0 aliphatic rings. The van der Waals surface area contributed by atoms with Crippen LogP contribution in [0.15, 0.2) is 72.8 Å². The molecule has 0 aliphatic carbocycles. The molecule has 76 heavy (non-hydrogen) atoms. The van der Waals surface area contributed by atoms with E-state index in [1.807, 2.05) is 0 Å². The van der Waals surface area contributed by atoms with E-state index >= 15 is 0 Å². The summed E-state index contributed by atoms with van der Waals surface area (Å²) in [5.41, 5.74) is 18.8. The van der Waals surface area contributed by atoms with Crippen LogP contribution < -0.4 is 0 Å². The molecule has 0 unspecified atom stereocenters. The summed E-state index contributed by atoms with van der Waals surface area (Å²) < 4.78 is 61.1. The first-order valence-electron chi connectivity index (χ1n) is 27.2. The van der Waals surface area contributed by atoms with Crippen molar-refractivity contribution in [1.82, 2.24) is 0 Å². The minimum absolute atomic E-state index is 0.185. The zero-order valence-corrected chi connectivity index (χ0v) is 52.9. The van der Waals surface area contributed by atoms with Crippen LogP contribution in [0.2, 0.25) is 60.4 Å². The zero-order valence-electron chi connectivity index (χ0n) is 45.3. The van der Waals surface area contributed by atoms with Crippen LogP contribution in [0.5, 0.6) is 0 Å². The van der Waals surface area contributed by atoms with Crippen molar-refractivity contribution >= 4 is 163 Å². The van der Waals surface area contributed by atoms with Gasteiger partial charge in [-0.15, -0.1) is 67.5 Å². The van der Waals surface area contributed by atoms with Gasteiger partial charge in [0, 0.05) is 62.6 Å². The Morgan fingerprint density at radius 1 is 0.329 bits per heavy atom. The molecule has 0 saturated heterocycles. The molecule has 12 heteroatoms. The summed E-state index contributed by atoms with van der Waals surface area (Å²) in [6.45, 7) is 22.5. The van der Waals surface area contributed by atoms with Crippen molar-refractivity contribution in [3.8, 4) is 45.9 Å². The summed E-state index contributed by atoms with van der Waals surface area (Å²) in [5.74, 6) is 14.6. The van der Waals surface area contributed by atoms with Crippen LogP contribution in [0, 0.1) is 66.4 Å². The molecule has 0 bridgehead atoms. The van der Waals surface area contributed by atoms with Crippen molar-refractivity contribution in [3.05, 3.63) is 116 Å². The third kappa shape index (κ3) is 10.9. The number of fused-ring (bicyclic) bond motifs is 8. The van der Waals surface area contributed by atoms with Crippen molar-refractivity contribution in [2.24, 2.45) is 0 Å². The fraction of sp³-hybridized carbons (Fsp3) is 0.312. The minimum atomic E-state index is -1.73. The zero-order chi connectivity index (χ0) is 54.1. The predicted octanol–water partition coefficient (Wildman–Crippen LogP) is 20.5. The first-order valence-corrected chi connectivity index (χ1v) is 40.1. The van der Waals surface area contributed by atoms with Gasteiger partial charge in [-0.05, 0) is 152 Å². The summed E-state index contributed by atoms with van der Waals surface area (Å²) in [4.78, 5) is 0. The van der Waals surface area contributed by atoms with Crippen molar-refractivity contribution in [2.45, 2.75) is 130 Å². The summed E-state index contributed by atoms with van der Waals surface area (Å²) in [5, 5.41) is 11.0. The first-order chi connectivity index (χ1) is 36.7. The fourth-order valence-corrected chi connectivity index (χ4v) is 21.5. The third-order valence-corrected chi connectivity index (χ3v) is 34.4. The fourth-order valence-electron chi connectivity index (χ4n) is 10.7. The van der Waals surface area contributed by atoms with Crippen LogP contribution in [0.4, 0.5) is 17.6 Å². The van der Waals surface area contributed by atoms with Gasteiger partial charge < -0.3 is 0 Å². The van der Waals surface area contributed by atoms with E-state index < -0.39 is 33.7 Å². The molecule has 388 valence electrons. The second-order valence-electron chi connectivity index (χ2n) is 20.2. The van der Waals surface area contributed by atoms with Crippen molar-refractivity contribution < 1.29 is 17.6 Å². The van der Waals surface area contributed by atoms with E-state index in [9.17, 15) is 17.6 Å². The van der Waals surface area contributed by atoms with Gasteiger partial charge in [0.2, 0.25) is 0 Å². The van der Waals surface area contributed by atoms with Crippen molar-refractivity contribution in [1.29, 1.82) is 0 Å². The van der Waals surface area contributed by atoms with Gasteiger partial charge >= 0.3 is 0 Å². The van der Waals surface area contributed by atoms with E-state index in [-0.39, 0.29) is 20.5 Å². The van der Waals surface area contributed by atoms with E-state index in [4.69, 9.17) is 0 Å². The lowest BCUT2D eigenvalue weighted by atomic mass is 9.91. The lowest BCUT2D eigenvalue weighted by Gasteiger charge is -2.20. The summed E-state index contributed by atoms with van der Waals surface area (Å²) in [6.07, 6.45) is 0. The Morgan fingerprint density at radius 2 is 0.553 bits per heavy atom. The van der Waals surface area contributed by atoms with Gasteiger partial charge in [-0.1, -0.05) is 117 Å². The van der Waals surface area contributed by atoms with Crippen LogP contribution in [-0.4, -0.2) is 33.7 Å². The van der Waals surface area contributed by atoms with Crippen LogP contribution in [0.3, 0.4) is 0 Å². The summed E-state index contributed by atoms with van der Waals surface area (Å²) in [7, 11) is -5.80. The highest BCUT2D eigenvalue weighted by Gasteiger charge is 2.27. The van der Waals surface area contributed by atoms with Crippen LogP contribution in [-0.2, 0) is 0 Å². The molecule has 0 N–H and O–H groups in total. The molecule has 4 aromatic heterocycles. The summed E-state index contributed by atoms with van der Waals surface area (Å²) >= 11 is 4.69. The smallest absolute Gasteiger partial charge is 0.177 e. The highest BCUT2D eigenvalue weighted by molar-refractivity contribution is 7.18. The Kier molecular flexibility index (Phi) is 17.3. The average molecular weight is 1150 g/mol. The van der Waals surface area contributed by atoms with E-state index in [1.54, 1.807) is 24.3 Å². The monoisotopic (exact) mass is 1150 g/mol. The Bertz CT molecular complexity index is 3660. The highest BCUT2D eigenvalue weighted by Crippen LogP contribution is 2.42. The maximum atomic E-state index is 14.4. The maximum Gasteiger partial charge on any atom is 0.177 e. The van der Waals surface area contributed by atoms with Gasteiger partial charge in [0.25, 0.3) is 0 Å². The van der Waals surface area contributed by atoms with Crippen LogP contribution in [0.25, 0.3) is 83.4 Å². The lowest BCUT2D eigenvalue weighted by Crippen LogP contribution is -2.29. The Labute approximate surface area is 467 Å². The van der Waals surface area contributed by atoms with E-state index in [0.717, 1.165) is 166 Å². The van der Waals surface area contributed by atoms with Gasteiger partial charge in [0.05, 0.1) is 0 Å². The second kappa shape index (κ2) is 23.6. The number of hydrogen-bond donors (Lipinski definition) is 0. The van der Waals surface area contributed by atoms with Gasteiger partial charge in [0.15, 0.2) is 20.5 Å². The maximum absolute atomic E-state index is 14.4. The molecule has 10 aromatic rings. The molecule has 0 radical (unpaired) electrons. The molecular formula is C64H64F4S4Si4. The number of rotatable bonds is 10. The van der Waals surface area contributed by atoms with E-state index in [1.165, 1.54) is 45.3 Å². The highest BCUT2D eigenvalue weighted by atomic mass is 32.1. The van der Waals surface area contributed by atoms with E-state index in [0.29, 0.717) is 0 Å². The number of halogens is 4. The molecule has 0 fully saturated rings. The first kappa shape index (κ1) is 55.8. The van der Waals surface area contributed by atoms with Gasteiger partial charge in [-0.3, -0.25) is 0 Å². The molecule has 0 atom stereocenters. The molecule has 0 aliphatic heterocycles. The van der Waals surface area contributed by atoms with Gasteiger partial charge in [0.1, 0.15) is 33.7 Å². The predicted molar refractivity (Wildman–Crippen MR) is 342 cm³/mol. The Hall–Kier alpha value is -4.97. The SMILES string of the molecule is CC[SiH](C#Cc1c2cc3cc(F)sc3cc2c(C#C[Si](CC)(CC)CC)c2cc3cc(F)sc3cc12)CC.CC[SiH](C#Cc1c2cc3sc(F)cc3cc2c(C#C[Si](CC)(CC)CC)c2cc3cc(F)sc3cc12)CC. The third-order valence-electron chi connectivity index (χ3n) is 16.4. The molecule has 0 spiro atoms. The second-order valence-corrected chi connectivity index (χ2v) is 40.8. The van der Waals surface area contributed by atoms with Crippen molar-refractivity contribution in [2.75, 3.05) is 0 Å². The molecule has 0 amide bonds. The van der Waals surface area contributed by atoms with Crippen LogP contribution >= 0.6 is 45.3 Å². The van der Waals surface area contributed by atoms with Crippen LogP contribution in [0.1, 0.15) is 91.5 Å². The number of hydrogen-bond acceptors (Lipinski definition) is 4. The van der Waals surface area contributed by atoms with Gasteiger partial charge in [-0.2, -0.15) is 17.6 Å². The molecule has 6 aromatic carbocycles.